The Morgan fingerprint density at radius 2 is 1.79 bits per heavy atom. The van der Waals surface area contributed by atoms with Crippen LogP contribution in [0.2, 0.25) is 0 Å². The molecule has 152 valence electrons. The summed E-state index contributed by atoms with van der Waals surface area (Å²) in [6.07, 6.45) is 1.28. The van der Waals surface area contributed by atoms with E-state index in [9.17, 15) is 14.4 Å². The van der Waals surface area contributed by atoms with E-state index in [0.717, 1.165) is 0 Å². The second-order valence-corrected chi connectivity index (χ2v) is 6.72. The van der Waals surface area contributed by atoms with Crippen molar-refractivity contribution < 1.29 is 23.9 Å². The molecule has 1 aliphatic rings. The molecule has 1 saturated heterocycles. The van der Waals surface area contributed by atoms with Crippen molar-refractivity contribution in [2.45, 2.75) is 13.0 Å². The van der Waals surface area contributed by atoms with Gasteiger partial charge < -0.3 is 19.3 Å². The second-order valence-electron chi connectivity index (χ2n) is 6.72. The van der Waals surface area contributed by atoms with E-state index in [0.29, 0.717) is 18.7 Å². The van der Waals surface area contributed by atoms with Gasteiger partial charge in [-0.15, -0.1) is 0 Å². The molecule has 0 N–H and O–H groups in total. The summed E-state index contributed by atoms with van der Waals surface area (Å²) in [6, 6.07) is 10.2. The summed E-state index contributed by atoms with van der Waals surface area (Å²) in [5.41, 5.74) is 0.679. The molecule has 0 unspecified atom stereocenters. The summed E-state index contributed by atoms with van der Waals surface area (Å²) in [6.45, 7) is 2.80. The number of nitrogens with zero attached hydrogens (tertiary/aromatic N) is 3. The van der Waals surface area contributed by atoms with E-state index in [1.165, 1.54) is 31.4 Å². The van der Waals surface area contributed by atoms with Gasteiger partial charge in [-0.25, -0.2) is 4.98 Å². The Morgan fingerprint density at radius 3 is 2.41 bits per heavy atom. The molecule has 0 aliphatic carbocycles. The quantitative estimate of drug-likeness (QED) is 0.563. The number of piperazine rings is 1. The molecule has 29 heavy (non-hydrogen) atoms. The van der Waals surface area contributed by atoms with E-state index in [-0.39, 0.29) is 35.7 Å². The summed E-state index contributed by atoms with van der Waals surface area (Å²) in [5.74, 6) is -0.925. The highest BCUT2D eigenvalue weighted by Crippen LogP contribution is 2.24. The molecular weight excluding hydrogens is 374 g/mol. The first-order valence-corrected chi connectivity index (χ1v) is 9.24. The maximum Gasteiger partial charge on any atom is 0.295 e. The number of aromatic nitrogens is 1. The first-order valence-electron chi connectivity index (χ1n) is 9.24. The van der Waals surface area contributed by atoms with Gasteiger partial charge in [-0.3, -0.25) is 14.4 Å². The average molecular weight is 397 g/mol. The smallest absolute Gasteiger partial charge is 0.295 e. The molecule has 2 aromatic rings. The van der Waals surface area contributed by atoms with Crippen LogP contribution in [-0.2, 0) is 4.79 Å². The molecule has 1 aromatic heterocycles. The van der Waals surface area contributed by atoms with Gasteiger partial charge in [-0.05, 0) is 19.1 Å². The Kier molecular flexibility index (Phi) is 6.11. The van der Waals surface area contributed by atoms with Gasteiger partial charge in [0, 0.05) is 43.5 Å². The topological polar surface area (TPSA) is 89.0 Å². The Bertz CT molecular complexity index is 916. The lowest BCUT2D eigenvalue weighted by Crippen LogP contribution is -2.56. The Labute approximate surface area is 169 Å². The maximum absolute atomic E-state index is 12.8. The van der Waals surface area contributed by atoms with Crippen LogP contribution in [-0.4, -0.2) is 72.3 Å². The van der Waals surface area contributed by atoms with Crippen LogP contribution in [0.4, 0.5) is 0 Å². The van der Waals surface area contributed by atoms with Crippen LogP contribution < -0.4 is 9.47 Å². The number of carbonyl (C=O) groups excluding carboxylic acids is 3. The number of hydrogen-bond acceptors (Lipinski definition) is 6. The minimum absolute atomic E-state index is 0.0771. The lowest BCUT2D eigenvalue weighted by atomic mass is 10.1. The molecule has 8 heteroatoms. The van der Waals surface area contributed by atoms with Gasteiger partial charge in [0.05, 0.1) is 19.8 Å². The number of amides is 2. The molecule has 0 bridgehead atoms. The molecule has 3 rings (SSSR count). The van der Waals surface area contributed by atoms with Gasteiger partial charge in [0.1, 0.15) is 5.75 Å². The van der Waals surface area contributed by atoms with Crippen molar-refractivity contribution in [3.05, 3.63) is 53.7 Å². The van der Waals surface area contributed by atoms with Crippen LogP contribution in [0.25, 0.3) is 0 Å². The maximum atomic E-state index is 12.8. The highest BCUT2D eigenvalue weighted by atomic mass is 16.5. The number of carbonyl (C=O) groups is 3. The molecule has 2 amide bonds. The fourth-order valence-corrected chi connectivity index (χ4v) is 3.32. The molecule has 1 fully saturated rings. The largest absolute Gasteiger partial charge is 0.496 e. The Hall–Kier alpha value is -3.42. The fourth-order valence-electron chi connectivity index (χ4n) is 3.32. The molecule has 2 heterocycles. The monoisotopic (exact) mass is 397 g/mol. The predicted molar refractivity (Wildman–Crippen MR) is 105 cm³/mol. The van der Waals surface area contributed by atoms with Crippen molar-refractivity contribution in [3.8, 4) is 11.6 Å². The second kappa shape index (κ2) is 8.72. The van der Waals surface area contributed by atoms with Crippen LogP contribution in [0.3, 0.4) is 0 Å². The van der Waals surface area contributed by atoms with Crippen molar-refractivity contribution in [2.24, 2.45) is 0 Å². The minimum Gasteiger partial charge on any atom is -0.496 e. The highest BCUT2D eigenvalue weighted by molar-refractivity contribution is 6.43. The number of rotatable bonds is 5. The number of Topliss-reactive ketones (excluding diaryl/α,β-unsaturated/α-hetero) is 1. The number of ether oxygens (including phenoxy) is 2. The van der Waals surface area contributed by atoms with Gasteiger partial charge >= 0.3 is 0 Å². The summed E-state index contributed by atoms with van der Waals surface area (Å²) in [4.78, 5) is 45.4. The summed E-state index contributed by atoms with van der Waals surface area (Å²) in [7, 11) is 2.86. The number of benzene rings is 1. The minimum atomic E-state index is -0.702. The zero-order valence-corrected chi connectivity index (χ0v) is 16.6. The molecule has 8 nitrogen and oxygen atoms in total. The highest BCUT2D eigenvalue weighted by Gasteiger charge is 2.34. The first-order chi connectivity index (χ1) is 14.0. The molecule has 0 radical (unpaired) electrons. The van der Waals surface area contributed by atoms with Gasteiger partial charge in [0.25, 0.3) is 17.6 Å². The van der Waals surface area contributed by atoms with E-state index < -0.39 is 11.7 Å². The van der Waals surface area contributed by atoms with Crippen molar-refractivity contribution >= 4 is 17.6 Å². The summed E-state index contributed by atoms with van der Waals surface area (Å²) >= 11 is 0. The SMILES string of the molecule is COc1cc(OC)c(C(=O)C(=O)N2CCN(C(=O)c3ccccc3)C[C@H]2C)cn1. The molecule has 0 spiro atoms. The molecule has 1 aliphatic heterocycles. The van der Waals surface area contributed by atoms with Crippen molar-refractivity contribution in [2.75, 3.05) is 33.9 Å². The Morgan fingerprint density at radius 1 is 1.07 bits per heavy atom. The molecule has 1 aromatic carbocycles. The first kappa shape index (κ1) is 20.3. The zero-order chi connectivity index (χ0) is 21.0. The van der Waals surface area contributed by atoms with Gasteiger partial charge in [-0.2, -0.15) is 0 Å². The van der Waals surface area contributed by atoms with Gasteiger partial charge in [-0.1, -0.05) is 18.2 Å². The molecule has 0 saturated carbocycles. The number of methoxy groups -OCH3 is 2. The van der Waals surface area contributed by atoms with E-state index in [1.54, 1.807) is 17.0 Å². The number of pyridine rings is 1. The standard InChI is InChI=1S/C21H23N3O5/c1-14-13-23(20(26)15-7-5-4-6-8-15)9-10-24(14)21(27)19(25)16-12-22-18(29-3)11-17(16)28-2/h4-8,11-12,14H,9-10,13H2,1-3H3/t14-/m1/s1. The van der Waals surface area contributed by atoms with Crippen LogP contribution in [0.5, 0.6) is 11.6 Å². The van der Waals surface area contributed by atoms with Crippen LogP contribution in [0, 0.1) is 0 Å². The zero-order valence-electron chi connectivity index (χ0n) is 16.6. The van der Waals surface area contributed by atoms with Gasteiger partial charge in [0.15, 0.2) is 0 Å². The van der Waals surface area contributed by atoms with E-state index in [1.807, 2.05) is 25.1 Å². The van der Waals surface area contributed by atoms with Crippen molar-refractivity contribution in [1.82, 2.24) is 14.8 Å². The number of hydrogen-bond donors (Lipinski definition) is 0. The Balaban J connectivity index is 1.71. The third kappa shape index (κ3) is 4.21. The van der Waals surface area contributed by atoms with Crippen LogP contribution in [0.1, 0.15) is 27.6 Å². The summed E-state index contributed by atoms with van der Waals surface area (Å²) < 4.78 is 10.2. The lowest BCUT2D eigenvalue weighted by Gasteiger charge is -2.39. The molecular formula is C21H23N3O5. The fraction of sp³-hybridized carbons (Fsp3) is 0.333. The van der Waals surface area contributed by atoms with Crippen LogP contribution >= 0.6 is 0 Å². The van der Waals surface area contributed by atoms with Crippen molar-refractivity contribution in [3.63, 3.8) is 0 Å². The summed E-state index contributed by atoms with van der Waals surface area (Å²) in [5, 5.41) is 0. The third-order valence-electron chi connectivity index (χ3n) is 4.91. The van der Waals surface area contributed by atoms with E-state index in [2.05, 4.69) is 4.98 Å². The number of ketones is 1. The van der Waals surface area contributed by atoms with Crippen molar-refractivity contribution in [1.29, 1.82) is 0 Å². The third-order valence-corrected chi connectivity index (χ3v) is 4.91. The van der Waals surface area contributed by atoms with E-state index in [4.69, 9.17) is 9.47 Å². The lowest BCUT2D eigenvalue weighted by molar-refractivity contribution is -0.130. The van der Waals surface area contributed by atoms with Gasteiger partial charge in [0.2, 0.25) is 5.88 Å². The average Bonchev–Trinajstić information content (AvgIpc) is 2.77. The normalized spacial score (nSPS) is 16.3. The van der Waals surface area contributed by atoms with Crippen LogP contribution in [0.15, 0.2) is 42.6 Å². The van der Waals surface area contributed by atoms with E-state index >= 15 is 0 Å². The molecule has 1 atom stereocenters. The predicted octanol–water partition coefficient (Wildman–Crippen LogP) is 1.65.